The van der Waals surface area contributed by atoms with Crippen molar-refractivity contribution in [3.05, 3.63) is 66.1 Å². The van der Waals surface area contributed by atoms with Crippen LogP contribution in [0.5, 0.6) is 0 Å². The third-order valence-electron chi connectivity index (χ3n) is 4.82. The highest BCUT2D eigenvalue weighted by molar-refractivity contribution is 7.18. The molecule has 1 saturated heterocycles. The fraction of sp³-hybridized carbons (Fsp3) is 0.227. The highest BCUT2D eigenvalue weighted by Crippen LogP contribution is 2.35. The van der Waals surface area contributed by atoms with Gasteiger partial charge in [0.1, 0.15) is 16.5 Å². The summed E-state index contributed by atoms with van der Waals surface area (Å²) in [5.74, 6) is -0.964. The lowest BCUT2D eigenvalue weighted by Gasteiger charge is -2.27. The number of carbonyl (C=O) groups excluding carboxylic acids is 2. The summed E-state index contributed by atoms with van der Waals surface area (Å²) in [5, 5.41) is 6.53. The van der Waals surface area contributed by atoms with E-state index in [4.69, 9.17) is 0 Å². The fourth-order valence-corrected chi connectivity index (χ4v) is 4.33. The molecule has 1 fully saturated rings. The van der Waals surface area contributed by atoms with Crippen molar-refractivity contribution in [3.63, 3.8) is 0 Å². The lowest BCUT2D eigenvalue weighted by atomic mass is 10.1. The van der Waals surface area contributed by atoms with Crippen LogP contribution in [0, 0.1) is 5.82 Å². The number of hydrogen-bond acceptors (Lipinski definition) is 5. The van der Waals surface area contributed by atoms with Gasteiger partial charge < -0.3 is 15.5 Å². The number of thiazole rings is 1. The number of piperazine rings is 1. The highest BCUT2D eigenvalue weighted by atomic mass is 32.1. The Balaban J connectivity index is 1.59. The molecule has 3 aromatic rings. The van der Waals surface area contributed by atoms with Crippen molar-refractivity contribution in [2.24, 2.45) is 0 Å². The maximum Gasteiger partial charge on any atom is 0.271 e. The first kappa shape index (κ1) is 20.2. The molecular formula is C22H21FN4O2S. The molecule has 0 bridgehead atoms. The number of rotatable bonds is 5. The predicted molar refractivity (Wildman–Crippen MR) is 115 cm³/mol. The molecule has 154 valence electrons. The Hall–Kier alpha value is -3.10. The Bertz CT molecular complexity index is 1050. The van der Waals surface area contributed by atoms with Crippen LogP contribution in [0.1, 0.15) is 10.5 Å². The van der Waals surface area contributed by atoms with Crippen molar-refractivity contribution in [1.82, 2.24) is 20.5 Å². The molecule has 4 rings (SSSR count). The lowest BCUT2D eigenvalue weighted by molar-refractivity contribution is -0.130. The number of hydrogen-bond donors (Lipinski definition) is 2. The first-order valence-electron chi connectivity index (χ1n) is 9.71. The summed E-state index contributed by atoms with van der Waals surface area (Å²) in [4.78, 5) is 32.1. The van der Waals surface area contributed by atoms with Crippen molar-refractivity contribution in [2.75, 3.05) is 32.7 Å². The van der Waals surface area contributed by atoms with Gasteiger partial charge in [-0.25, -0.2) is 9.37 Å². The molecule has 0 unspecified atom stereocenters. The third-order valence-corrected chi connectivity index (χ3v) is 5.97. The van der Waals surface area contributed by atoms with Gasteiger partial charge in [-0.05, 0) is 17.7 Å². The summed E-state index contributed by atoms with van der Waals surface area (Å²) >= 11 is 1.32. The van der Waals surface area contributed by atoms with Gasteiger partial charge in [-0.3, -0.25) is 9.59 Å². The zero-order valence-electron chi connectivity index (χ0n) is 16.2. The summed E-state index contributed by atoms with van der Waals surface area (Å²) in [6, 6.07) is 15.6. The molecule has 0 spiro atoms. The van der Waals surface area contributed by atoms with Gasteiger partial charge in [0.25, 0.3) is 5.91 Å². The van der Waals surface area contributed by atoms with Crippen LogP contribution in [0.3, 0.4) is 0 Å². The molecule has 1 aliphatic heterocycles. The molecule has 0 atom stereocenters. The van der Waals surface area contributed by atoms with Crippen LogP contribution in [0.2, 0.25) is 0 Å². The molecule has 8 heteroatoms. The number of benzene rings is 2. The number of nitrogens with zero attached hydrogens (tertiary/aromatic N) is 2. The van der Waals surface area contributed by atoms with Gasteiger partial charge in [-0.2, -0.15) is 0 Å². The van der Waals surface area contributed by atoms with Crippen molar-refractivity contribution in [2.45, 2.75) is 0 Å². The van der Waals surface area contributed by atoms with Gasteiger partial charge in [0.05, 0.1) is 11.4 Å². The summed E-state index contributed by atoms with van der Waals surface area (Å²) in [6.45, 7) is 2.64. The van der Waals surface area contributed by atoms with Gasteiger partial charge in [-0.1, -0.05) is 42.5 Å². The van der Waals surface area contributed by atoms with E-state index >= 15 is 0 Å². The molecule has 0 radical (unpaired) electrons. The zero-order valence-corrected chi connectivity index (χ0v) is 17.0. The molecule has 2 aromatic carbocycles. The molecule has 1 aromatic heterocycles. The molecule has 2 heterocycles. The van der Waals surface area contributed by atoms with Gasteiger partial charge >= 0.3 is 0 Å². The van der Waals surface area contributed by atoms with Crippen LogP contribution in [0.15, 0.2) is 54.6 Å². The molecule has 0 saturated carbocycles. The fourth-order valence-electron chi connectivity index (χ4n) is 3.27. The van der Waals surface area contributed by atoms with E-state index < -0.39 is 5.91 Å². The average molecular weight is 425 g/mol. The second-order valence-electron chi connectivity index (χ2n) is 6.89. The molecule has 6 nitrogen and oxygen atoms in total. The van der Waals surface area contributed by atoms with Crippen LogP contribution in [0.4, 0.5) is 4.39 Å². The van der Waals surface area contributed by atoms with Crippen molar-refractivity contribution in [1.29, 1.82) is 0 Å². The second-order valence-corrected chi connectivity index (χ2v) is 7.89. The first-order chi connectivity index (χ1) is 14.6. The van der Waals surface area contributed by atoms with Gasteiger partial charge in [-0.15, -0.1) is 11.3 Å². The van der Waals surface area contributed by atoms with Crippen molar-refractivity contribution < 1.29 is 14.0 Å². The second kappa shape index (κ2) is 9.15. The summed E-state index contributed by atoms with van der Waals surface area (Å²) in [6.07, 6.45) is 0. The van der Waals surface area contributed by atoms with E-state index in [1.54, 1.807) is 17.0 Å². The number of carbonyl (C=O) groups is 2. The Morgan fingerprint density at radius 2 is 1.80 bits per heavy atom. The van der Waals surface area contributed by atoms with Crippen molar-refractivity contribution >= 4 is 23.2 Å². The largest absolute Gasteiger partial charge is 0.342 e. The van der Waals surface area contributed by atoms with Crippen molar-refractivity contribution in [3.8, 4) is 21.0 Å². The quantitative estimate of drug-likeness (QED) is 0.661. The Labute approximate surface area is 177 Å². The summed E-state index contributed by atoms with van der Waals surface area (Å²) in [5.41, 5.74) is 1.64. The van der Waals surface area contributed by atoms with Gasteiger partial charge in [0, 0.05) is 31.7 Å². The molecular weight excluding hydrogens is 403 g/mol. The number of aromatic nitrogens is 1. The predicted octanol–water partition coefficient (Wildman–Crippen LogP) is 2.78. The molecule has 1 aliphatic rings. The van der Waals surface area contributed by atoms with Crippen LogP contribution >= 0.6 is 11.3 Å². The third kappa shape index (κ3) is 4.55. The Kier molecular flexibility index (Phi) is 6.15. The van der Waals surface area contributed by atoms with Crippen LogP contribution in [-0.4, -0.2) is 54.4 Å². The van der Waals surface area contributed by atoms with E-state index in [1.165, 1.54) is 23.5 Å². The summed E-state index contributed by atoms with van der Waals surface area (Å²) in [7, 11) is 0. The first-order valence-corrected chi connectivity index (χ1v) is 10.5. The average Bonchev–Trinajstić information content (AvgIpc) is 3.24. The maximum absolute atomic E-state index is 13.8. The normalized spacial score (nSPS) is 13.8. The molecule has 2 amide bonds. The highest BCUT2D eigenvalue weighted by Gasteiger charge is 2.22. The number of amides is 2. The monoisotopic (exact) mass is 424 g/mol. The van der Waals surface area contributed by atoms with Crippen LogP contribution in [0.25, 0.3) is 21.0 Å². The summed E-state index contributed by atoms with van der Waals surface area (Å²) < 4.78 is 13.8. The smallest absolute Gasteiger partial charge is 0.271 e. The van der Waals surface area contributed by atoms with E-state index in [0.717, 1.165) is 18.7 Å². The van der Waals surface area contributed by atoms with E-state index in [9.17, 15) is 14.0 Å². The lowest BCUT2D eigenvalue weighted by Crippen LogP contribution is -2.49. The molecule has 30 heavy (non-hydrogen) atoms. The maximum atomic E-state index is 13.8. The Morgan fingerprint density at radius 3 is 2.53 bits per heavy atom. The Morgan fingerprint density at radius 1 is 1.07 bits per heavy atom. The van der Waals surface area contributed by atoms with Gasteiger partial charge in [0.15, 0.2) is 0 Å². The topological polar surface area (TPSA) is 74.3 Å². The standard InChI is InChI=1S/C22H21FN4O2S/c23-17-8-4-7-16(13-17)20-19(26-22(30-20)15-5-2-1-3-6-15)21(29)25-14-18(28)27-11-9-24-10-12-27/h1-8,13,24H,9-12,14H2,(H,25,29). The van der Waals surface area contributed by atoms with E-state index in [-0.39, 0.29) is 24.0 Å². The minimum Gasteiger partial charge on any atom is -0.342 e. The van der Waals surface area contributed by atoms with E-state index in [1.807, 2.05) is 30.3 Å². The van der Waals surface area contributed by atoms with Crippen LogP contribution < -0.4 is 10.6 Å². The number of nitrogens with one attached hydrogen (secondary N) is 2. The van der Waals surface area contributed by atoms with Crippen LogP contribution in [-0.2, 0) is 4.79 Å². The minimum absolute atomic E-state index is 0.0976. The zero-order chi connectivity index (χ0) is 20.9. The SMILES string of the molecule is O=C(NCC(=O)N1CCNCC1)c1nc(-c2ccccc2)sc1-c1cccc(F)c1. The van der Waals surface area contributed by atoms with E-state index in [2.05, 4.69) is 15.6 Å². The molecule has 0 aliphatic carbocycles. The minimum atomic E-state index is -0.448. The molecule has 2 N–H and O–H groups in total. The number of halogens is 1. The van der Waals surface area contributed by atoms with Gasteiger partial charge in [0.2, 0.25) is 5.91 Å². The van der Waals surface area contributed by atoms with E-state index in [0.29, 0.717) is 28.5 Å².